The Labute approximate surface area is 362 Å². The van der Waals surface area contributed by atoms with Crippen molar-refractivity contribution in [1.82, 2.24) is 14.6 Å². The first kappa shape index (κ1) is 42.5. The van der Waals surface area contributed by atoms with Crippen LogP contribution in [0.4, 0.5) is 4.39 Å². The normalized spacial score (nSPS) is 32.7. The number of aromatic nitrogens is 1. The number of ketones is 1. The molecule has 4 aliphatic carbocycles. The summed E-state index contributed by atoms with van der Waals surface area (Å²) in [5, 5.41) is 0.788. The lowest BCUT2D eigenvalue weighted by molar-refractivity contribution is -0.155. The van der Waals surface area contributed by atoms with Gasteiger partial charge in [-0.05, 0) is 141 Å². The Hall–Kier alpha value is -4.85. The minimum absolute atomic E-state index is 0.00768. The van der Waals surface area contributed by atoms with Crippen LogP contribution in [-0.2, 0) is 33.9 Å². The van der Waals surface area contributed by atoms with Gasteiger partial charge in [-0.15, -0.1) is 0 Å². The van der Waals surface area contributed by atoms with E-state index in [9.17, 15) is 27.2 Å². The second-order valence-corrected chi connectivity index (χ2v) is 21.1. The van der Waals surface area contributed by atoms with Crippen LogP contribution in [0.2, 0.25) is 0 Å². The van der Waals surface area contributed by atoms with E-state index < -0.39 is 50.6 Å². The number of Topliss-reactive ketones (excluding diaryl/α,β-unsaturated/α-hetero) is 1. The van der Waals surface area contributed by atoms with E-state index in [0.29, 0.717) is 66.3 Å². The summed E-state index contributed by atoms with van der Waals surface area (Å²) in [7, 11) is -2.32. The van der Waals surface area contributed by atoms with Crippen molar-refractivity contribution >= 4 is 44.4 Å². The number of benzene rings is 2. The first-order valence-electron chi connectivity index (χ1n) is 22.4. The van der Waals surface area contributed by atoms with E-state index >= 15 is 4.79 Å². The Balaban J connectivity index is 1.05. The third-order valence-corrected chi connectivity index (χ3v) is 16.3. The Kier molecular flexibility index (Phi) is 11.4. The number of halogens is 1. The van der Waals surface area contributed by atoms with Crippen molar-refractivity contribution in [3.63, 3.8) is 0 Å². The molecule has 0 radical (unpaired) electrons. The third kappa shape index (κ3) is 8.85. The van der Waals surface area contributed by atoms with Crippen LogP contribution in [0.3, 0.4) is 0 Å². The molecule has 12 nitrogen and oxygen atoms in total. The van der Waals surface area contributed by atoms with Crippen molar-refractivity contribution in [2.45, 2.75) is 114 Å². The van der Waals surface area contributed by atoms with Crippen LogP contribution in [-0.4, -0.2) is 79.0 Å². The van der Waals surface area contributed by atoms with E-state index in [1.54, 1.807) is 25.3 Å². The number of amides is 2. The zero-order valence-electron chi connectivity index (χ0n) is 35.6. The highest BCUT2D eigenvalue weighted by molar-refractivity contribution is 7.90. The number of fused-ring (bicyclic) bond motifs is 4. The topological polar surface area (TPSA) is 158 Å². The zero-order chi connectivity index (χ0) is 43.5. The number of rotatable bonds is 10. The van der Waals surface area contributed by atoms with Crippen molar-refractivity contribution < 1.29 is 46.2 Å². The number of nitrogens with zero attached hydrogens (tertiary/aromatic N) is 2. The Morgan fingerprint density at radius 1 is 0.952 bits per heavy atom. The van der Waals surface area contributed by atoms with Crippen molar-refractivity contribution in [2.24, 2.45) is 40.9 Å². The average molecular weight is 870 g/mol. The molecule has 2 aromatic carbocycles. The molecular formula is C48H56FN3O9S. The van der Waals surface area contributed by atoms with E-state index in [1.165, 1.54) is 23.5 Å². The number of carbonyl (C=O) groups is 4. The third-order valence-electron chi connectivity index (χ3n) is 14.5. The van der Waals surface area contributed by atoms with Gasteiger partial charge in [0.25, 0.3) is 0 Å². The molecule has 330 valence electrons. The summed E-state index contributed by atoms with van der Waals surface area (Å²) in [6.07, 6.45) is 9.14. The predicted octanol–water partition coefficient (Wildman–Crippen LogP) is 7.33. The van der Waals surface area contributed by atoms with Crippen LogP contribution >= 0.6 is 0 Å². The van der Waals surface area contributed by atoms with Gasteiger partial charge in [-0.3, -0.25) is 23.9 Å². The van der Waals surface area contributed by atoms with Crippen molar-refractivity contribution in [3.8, 4) is 22.9 Å². The largest absolute Gasteiger partial charge is 0.497 e. The number of hydrogen-bond donors (Lipinski definition) is 1. The fraction of sp³-hybridized carbons (Fsp3) is 0.562. The molecule has 10 atom stereocenters. The molecule has 5 fully saturated rings. The standard InChI is InChI=1S/C48H56FN3O9S/c1-27-6-4-5-7-33-24-48(33,47(56)51-62(57,58)38-13-14-38)25-43(53)42-22-37(26-52(42)46(55)40(28(2)16-27)23-44(54)60-36-18-30-17-31(30)19-36)61-45-39-15-12-35(59-3)20-32(39)21-41(50-45)29-8-10-34(49)11-9-29/h5,7-12,15,20-21,27-28,30-31,33,36-38,40,42H,4,6,13-14,16-19,22-26H2,1-3H3,(H,51,56)/b7-5-/t27-,28+,30-,31+,33+,36?,37+,40-,42-,48+/m0/s1. The summed E-state index contributed by atoms with van der Waals surface area (Å²) < 4.78 is 60.6. The predicted molar refractivity (Wildman–Crippen MR) is 229 cm³/mol. The highest BCUT2D eigenvalue weighted by atomic mass is 32.2. The molecule has 62 heavy (non-hydrogen) atoms. The first-order chi connectivity index (χ1) is 29.7. The van der Waals surface area contributed by atoms with Gasteiger partial charge in [-0.25, -0.2) is 17.8 Å². The number of hydrogen-bond acceptors (Lipinski definition) is 10. The fourth-order valence-electron chi connectivity index (χ4n) is 10.5. The number of esters is 1. The van der Waals surface area contributed by atoms with Crippen LogP contribution in [0.15, 0.2) is 60.7 Å². The van der Waals surface area contributed by atoms with E-state index in [1.807, 2.05) is 37.3 Å². The number of allylic oxidation sites excluding steroid dienone is 2. The minimum Gasteiger partial charge on any atom is -0.497 e. The van der Waals surface area contributed by atoms with Crippen LogP contribution in [0.25, 0.3) is 22.0 Å². The van der Waals surface area contributed by atoms with Gasteiger partial charge >= 0.3 is 5.97 Å². The van der Waals surface area contributed by atoms with Gasteiger partial charge in [0, 0.05) is 23.8 Å². The lowest BCUT2D eigenvalue weighted by Crippen LogP contribution is -2.47. The Bertz CT molecular complexity index is 2390. The Morgan fingerprint density at radius 2 is 1.71 bits per heavy atom. The SMILES string of the molecule is COc1ccc2c(O[C@@H]3C[C@H]4C(=O)C[C@]5(C(=O)NS(=O)(=O)C6CC6)C[C@H]5/C=C\CC[C@H](C)C[C@@H](C)[C@H](CC(=O)OC5C[C@@H]6C[C@@H]6C5)C(=O)N4C3)nc(-c3ccc(F)cc3)cc2c1. The molecule has 9 rings (SSSR count). The number of nitrogens with one attached hydrogen (secondary N) is 1. The van der Waals surface area contributed by atoms with E-state index in [4.69, 9.17) is 19.2 Å². The van der Waals surface area contributed by atoms with Gasteiger partial charge in [0.15, 0.2) is 5.78 Å². The van der Waals surface area contributed by atoms with Crippen molar-refractivity contribution in [2.75, 3.05) is 13.7 Å². The molecule has 0 spiro atoms. The Morgan fingerprint density at radius 3 is 2.44 bits per heavy atom. The second kappa shape index (κ2) is 16.7. The summed E-state index contributed by atoms with van der Waals surface area (Å²) in [5.41, 5.74) is -0.115. The fourth-order valence-corrected chi connectivity index (χ4v) is 11.9. The second-order valence-electron chi connectivity index (χ2n) is 19.1. The molecule has 1 saturated heterocycles. The van der Waals surface area contributed by atoms with E-state index in [0.717, 1.165) is 24.6 Å². The summed E-state index contributed by atoms with van der Waals surface area (Å²) in [6.45, 7) is 4.13. The lowest BCUT2D eigenvalue weighted by atomic mass is 9.82. The maximum atomic E-state index is 15.2. The molecule has 3 aromatic rings. The van der Waals surface area contributed by atoms with Crippen LogP contribution < -0.4 is 14.2 Å². The van der Waals surface area contributed by atoms with Crippen molar-refractivity contribution in [3.05, 3.63) is 66.5 Å². The van der Waals surface area contributed by atoms with Crippen LogP contribution in [0.5, 0.6) is 11.6 Å². The number of pyridine rings is 1. The van der Waals surface area contributed by atoms with Gasteiger partial charge in [0.1, 0.15) is 23.8 Å². The summed E-state index contributed by atoms with van der Waals surface area (Å²) in [5.74, 6) is -1.27. The molecule has 2 aliphatic heterocycles. The van der Waals surface area contributed by atoms with Gasteiger partial charge in [-0.2, -0.15) is 0 Å². The highest BCUT2D eigenvalue weighted by Gasteiger charge is 2.62. The number of ether oxygens (including phenoxy) is 3. The number of carbonyl (C=O) groups excluding carboxylic acids is 4. The van der Waals surface area contributed by atoms with Gasteiger partial charge in [0.05, 0.1) is 48.4 Å². The molecular weight excluding hydrogens is 814 g/mol. The molecule has 0 bridgehead atoms. The maximum absolute atomic E-state index is 15.2. The summed E-state index contributed by atoms with van der Waals surface area (Å²) in [4.78, 5) is 64.1. The summed E-state index contributed by atoms with van der Waals surface area (Å²) in [6, 6.07) is 12.3. The molecule has 4 saturated carbocycles. The van der Waals surface area contributed by atoms with Crippen molar-refractivity contribution in [1.29, 1.82) is 0 Å². The van der Waals surface area contributed by atoms with E-state index in [2.05, 4.69) is 11.6 Å². The van der Waals surface area contributed by atoms with Crippen LogP contribution in [0.1, 0.15) is 90.9 Å². The molecule has 14 heteroatoms. The van der Waals surface area contributed by atoms with E-state index in [-0.39, 0.29) is 73.1 Å². The van der Waals surface area contributed by atoms with Gasteiger partial charge in [-0.1, -0.05) is 26.0 Å². The average Bonchev–Trinajstić information content (AvgIpc) is 4.20. The number of methoxy groups -OCH3 is 1. The van der Waals surface area contributed by atoms with Crippen LogP contribution in [0, 0.1) is 46.7 Å². The molecule has 2 amide bonds. The van der Waals surface area contributed by atoms with Gasteiger partial charge < -0.3 is 19.1 Å². The lowest BCUT2D eigenvalue weighted by Gasteiger charge is -2.32. The molecule has 1 unspecified atom stereocenters. The quantitative estimate of drug-likeness (QED) is 0.162. The summed E-state index contributed by atoms with van der Waals surface area (Å²) >= 11 is 0. The zero-order valence-corrected chi connectivity index (χ0v) is 36.4. The smallest absolute Gasteiger partial charge is 0.306 e. The highest BCUT2D eigenvalue weighted by Crippen LogP contribution is 2.57. The maximum Gasteiger partial charge on any atom is 0.306 e. The molecule has 6 aliphatic rings. The number of sulfonamides is 1. The molecule has 3 heterocycles. The minimum atomic E-state index is -3.89. The van der Waals surface area contributed by atoms with Gasteiger partial charge in [0.2, 0.25) is 27.7 Å². The first-order valence-corrected chi connectivity index (χ1v) is 23.9. The molecule has 1 N–H and O–H groups in total. The monoisotopic (exact) mass is 869 g/mol. The molecule has 1 aromatic heterocycles.